The topological polar surface area (TPSA) is 0 Å². The van der Waals surface area contributed by atoms with Gasteiger partial charge in [0.1, 0.15) is 11.6 Å². The van der Waals surface area contributed by atoms with Crippen LogP contribution in [0.25, 0.3) is 32.7 Å². The average molecular weight is 318 g/mol. The maximum absolute atomic E-state index is 13.5. The summed E-state index contributed by atoms with van der Waals surface area (Å²) in [5, 5.41) is 4.62. The molecule has 0 amide bonds. The van der Waals surface area contributed by atoms with Crippen molar-refractivity contribution in [1.29, 1.82) is 0 Å². The Labute approximate surface area is 139 Å². The summed E-state index contributed by atoms with van der Waals surface area (Å²) in [7, 11) is 0. The third-order valence-electron chi connectivity index (χ3n) is 4.50. The van der Waals surface area contributed by atoms with Crippen LogP contribution in [0.3, 0.4) is 0 Å². The molecule has 0 aliphatic heterocycles. The van der Waals surface area contributed by atoms with E-state index in [1.54, 1.807) is 0 Å². The van der Waals surface area contributed by atoms with E-state index in [1.807, 2.05) is 18.2 Å². The molecule has 0 bridgehead atoms. The fourth-order valence-corrected chi connectivity index (χ4v) is 3.24. The second-order valence-electron chi connectivity index (χ2n) is 6.07. The minimum absolute atomic E-state index is 0.552. The fourth-order valence-electron chi connectivity index (χ4n) is 3.24. The Kier molecular flexibility index (Phi) is 3.53. The summed E-state index contributed by atoms with van der Waals surface area (Å²) >= 11 is 0. The molecule has 0 spiro atoms. The van der Waals surface area contributed by atoms with E-state index in [0.29, 0.717) is 5.56 Å². The van der Waals surface area contributed by atoms with E-state index >= 15 is 0 Å². The lowest BCUT2D eigenvalue weighted by Gasteiger charge is -2.09. The molecule has 0 aliphatic carbocycles. The molecule has 4 aromatic carbocycles. The lowest BCUT2D eigenvalue weighted by Crippen LogP contribution is -1.86. The van der Waals surface area contributed by atoms with Gasteiger partial charge in [-0.2, -0.15) is 0 Å². The average Bonchev–Trinajstić information content (AvgIpc) is 2.59. The first kappa shape index (κ1) is 14.8. The maximum atomic E-state index is 13.5. The van der Waals surface area contributed by atoms with Gasteiger partial charge in [0.15, 0.2) is 0 Å². The van der Waals surface area contributed by atoms with Gasteiger partial charge >= 0.3 is 0 Å². The summed E-state index contributed by atoms with van der Waals surface area (Å²) in [6, 6.07) is 20.2. The van der Waals surface area contributed by atoms with E-state index in [9.17, 15) is 8.78 Å². The van der Waals surface area contributed by atoms with Crippen LogP contribution in [0, 0.1) is 11.6 Å². The molecule has 24 heavy (non-hydrogen) atoms. The number of hydrogen-bond acceptors (Lipinski definition) is 0. The van der Waals surface area contributed by atoms with E-state index in [2.05, 4.69) is 37.3 Å². The van der Waals surface area contributed by atoms with Crippen LogP contribution in [0.1, 0.15) is 12.5 Å². The van der Waals surface area contributed by atoms with Crippen molar-refractivity contribution in [2.24, 2.45) is 0 Å². The quantitative estimate of drug-likeness (QED) is 0.370. The molecule has 0 heterocycles. The highest BCUT2D eigenvalue weighted by Crippen LogP contribution is 2.30. The molecule has 0 fully saturated rings. The number of hydrogen-bond donors (Lipinski definition) is 0. The van der Waals surface area contributed by atoms with Crippen LogP contribution in [0.15, 0.2) is 66.7 Å². The molecule has 0 radical (unpaired) electrons. The second kappa shape index (κ2) is 5.72. The number of benzene rings is 4. The molecule has 118 valence electrons. The molecule has 0 N–H and O–H groups in total. The van der Waals surface area contributed by atoms with Crippen molar-refractivity contribution in [2.45, 2.75) is 13.3 Å². The minimum Gasteiger partial charge on any atom is -0.207 e. The van der Waals surface area contributed by atoms with Crippen LogP contribution in [0.4, 0.5) is 8.78 Å². The smallest absolute Gasteiger partial charge is 0.126 e. The Balaban J connectivity index is 1.91. The largest absolute Gasteiger partial charge is 0.207 e. The van der Waals surface area contributed by atoms with E-state index in [-0.39, 0.29) is 0 Å². The summed E-state index contributed by atoms with van der Waals surface area (Å²) in [6.45, 7) is 2.15. The fraction of sp³-hybridized carbons (Fsp3) is 0.0909. The highest BCUT2D eigenvalue weighted by atomic mass is 19.1. The highest BCUT2D eigenvalue weighted by molar-refractivity contribution is 6.08. The molecular weight excluding hydrogens is 302 g/mol. The predicted molar refractivity (Wildman–Crippen MR) is 96.2 cm³/mol. The first-order valence-corrected chi connectivity index (χ1v) is 8.06. The Morgan fingerprint density at radius 1 is 0.625 bits per heavy atom. The predicted octanol–water partition coefficient (Wildman–Crippen LogP) is 6.50. The standard InChI is InChI=1S/C22H16F2/c1-2-14-3-7-21-16(9-14)4-5-17-10-15(6-8-22(17)21)18-11-19(23)13-20(24)12-18/h3-13H,2H2,1H3. The summed E-state index contributed by atoms with van der Waals surface area (Å²) in [5.74, 6) is -1.12. The van der Waals surface area contributed by atoms with Gasteiger partial charge in [0.25, 0.3) is 0 Å². The third-order valence-corrected chi connectivity index (χ3v) is 4.50. The third kappa shape index (κ3) is 2.54. The first-order chi connectivity index (χ1) is 11.6. The van der Waals surface area contributed by atoms with Crippen molar-refractivity contribution >= 4 is 21.5 Å². The van der Waals surface area contributed by atoms with Crippen LogP contribution in [0.2, 0.25) is 0 Å². The summed E-state index contributed by atoms with van der Waals surface area (Å²) in [4.78, 5) is 0. The molecule has 0 saturated heterocycles. The lowest BCUT2D eigenvalue weighted by atomic mass is 9.96. The Hall–Kier alpha value is -2.74. The van der Waals surface area contributed by atoms with Gasteiger partial charge in [-0.05, 0) is 62.9 Å². The molecule has 4 aromatic rings. The SMILES string of the molecule is CCc1ccc2c(ccc3cc(-c4cc(F)cc(F)c4)ccc32)c1. The van der Waals surface area contributed by atoms with Crippen molar-refractivity contribution in [3.05, 3.63) is 83.9 Å². The van der Waals surface area contributed by atoms with Crippen molar-refractivity contribution in [3.8, 4) is 11.1 Å². The van der Waals surface area contributed by atoms with Gasteiger partial charge in [-0.15, -0.1) is 0 Å². The van der Waals surface area contributed by atoms with Crippen LogP contribution in [-0.2, 0) is 6.42 Å². The molecule has 0 unspecified atom stereocenters. The molecular formula is C22H16F2. The Morgan fingerprint density at radius 2 is 1.25 bits per heavy atom. The Bertz CT molecular complexity index is 1040. The molecule has 4 rings (SSSR count). The van der Waals surface area contributed by atoms with Gasteiger partial charge in [-0.25, -0.2) is 8.78 Å². The van der Waals surface area contributed by atoms with Crippen molar-refractivity contribution in [1.82, 2.24) is 0 Å². The van der Waals surface area contributed by atoms with Gasteiger partial charge in [0, 0.05) is 6.07 Å². The van der Waals surface area contributed by atoms with Crippen LogP contribution in [-0.4, -0.2) is 0 Å². The molecule has 0 atom stereocenters. The number of fused-ring (bicyclic) bond motifs is 3. The molecule has 0 aliphatic rings. The summed E-state index contributed by atoms with van der Waals surface area (Å²) in [5.41, 5.74) is 2.68. The van der Waals surface area contributed by atoms with Gasteiger partial charge in [0.2, 0.25) is 0 Å². The maximum Gasteiger partial charge on any atom is 0.126 e. The van der Waals surface area contributed by atoms with E-state index < -0.39 is 11.6 Å². The van der Waals surface area contributed by atoms with Crippen molar-refractivity contribution in [2.75, 3.05) is 0 Å². The lowest BCUT2D eigenvalue weighted by molar-refractivity contribution is 0.584. The summed E-state index contributed by atoms with van der Waals surface area (Å²) < 4.78 is 26.9. The highest BCUT2D eigenvalue weighted by Gasteiger charge is 2.06. The van der Waals surface area contributed by atoms with Crippen LogP contribution >= 0.6 is 0 Å². The zero-order chi connectivity index (χ0) is 16.7. The zero-order valence-electron chi connectivity index (χ0n) is 13.3. The Morgan fingerprint density at radius 3 is 1.92 bits per heavy atom. The van der Waals surface area contributed by atoms with Gasteiger partial charge < -0.3 is 0 Å². The van der Waals surface area contributed by atoms with Gasteiger partial charge in [0.05, 0.1) is 0 Å². The van der Waals surface area contributed by atoms with Gasteiger partial charge in [-0.1, -0.05) is 49.4 Å². The van der Waals surface area contributed by atoms with Crippen molar-refractivity contribution < 1.29 is 8.78 Å². The monoisotopic (exact) mass is 318 g/mol. The number of aryl methyl sites for hydroxylation is 1. The number of rotatable bonds is 2. The van der Waals surface area contributed by atoms with Crippen molar-refractivity contribution in [3.63, 3.8) is 0 Å². The first-order valence-electron chi connectivity index (χ1n) is 8.06. The number of halogens is 2. The minimum atomic E-state index is -0.560. The molecule has 0 nitrogen and oxygen atoms in total. The van der Waals surface area contributed by atoms with E-state index in [1.165, 1.54) is 28.5 Å². The van der Waals surface area contributed by atoms with Crippen LogP contribution < -0.4 is 0 Å². The van der Waals surface area contributed by atoms with Crippen LogP contribution in [0.5, 0.6) is 0 Å². The molecule has 2 heteroatoms. The summed E-state index contributed by atoms with van der Waals surface area (Å²) in [6.07, 6.45) is 1.01. The van der Waals surface area contributed by atoms with E-state index in [0.717, 1.165) is 28.8 Å². The molecule has 0 saturated carbocycles. The van der Waals surface area contributed by atoms with E-state index in [4.69, 9.17) is 0 Å². The normalized spacial score (nSPS) is 11.3. The molecule has 0 aromatic heterocycles. The van der Waals surface area contributed by atoms with Gasteiger partial charge in [-0.3, -0.25) is 0 Å². The zero-order valence-corrected chi connectivity index (χ0v) is 13.3. The second-order valence-corrected chi connectivity index (χ2v) is 6.07.